The van der Waals surface area contributed by atoms with E-state index in [1.807, 2.05) is 12.1 Å². The molecule has 0 unspecified atom stereocenters. The van der Waals surface area contributed by atoms with Gasteiger partial charge in [-0.15, -0.1) is 0 Å². The van der Waals surface area contributed by atoms with Gasteiger partial charge < -0.3 is 0 Å². The molecule has 0 fully saturated rings. The van der Waals surface area contributed by atoms with Crippen molar-refractivity contribution in [3.63, 3.8) is 0 Å². The van der Waals surface area contributed by atoms with Gasteiger partial charge >= 0.3 is 0 Å². The van der Waals surface area contributed by atoms with Crippen molar-refractivity contribution in [1.29, 1.82) is 0 Å². The van der Waals surface area contributed by atoms with E-state index in [0.717, 1.165) is 5.69 Å². The minimum atomic E-state index is 0.213. The maximum Gasteiger partial charge on any atom is 0.0491 e. The SMILES string of the molecule is CC(C)(C)c1ccc(NCl)cc1. The molecular weight excluding hydrogens is 170 g/mol. The maximum absolute atomic E-state index is 5.44. The molecule has 0 radical (unpaired) electrons. The Morgan fingerprint density at radius 2 is 1.58 bits per heavy atom. The van der Waals surface area contributed by atoms with Gasteiger partial charge in [0.1, 0.15) is 0 Å². The molecule has 1 N–H and O–H groups in total. The summed E-state index contributed by atoms with van der Waals surface area (Å²) in [6.07, 6.45) is 0. The van der Waals surface area contributed by atoms with Crippen LogP contribution in [0.1, 0.15) is 26.3 Å². The van der Waals surface area contributed by atoms with E-state index in [2.05, 4.69) is 37.7 Å². The van der Waals surface area contributed by atoms with Crippen LogP contribution in [0.2, 0.25) is 0 Å². The third kappa shape index (κ3) is 2.15. The highest BCUT2D eigenvalue weighted by molar-refractivity contribution is 6.23. The van der Waals surface area contributed by atoms with Crippen LogP contribution in [0.5, 0.6) is 0 Å². The summed E-state index contributed by atoms with van der Waals surface area (Å²) < 4.78 is 0. The van der Waals surface area contributed by atoms with E-state index >= 15 is 0 Å². The predicted octanol–water partition coefficient (Wildman–Crippen LogP) is 3.55. The highest BCUT2D eigenvalue weighted by Gasteiger charge is 2.12. The Bertz CT molecular complexity index is 246. The molecule has 0 aliphatic carbocycles. The molecule has 1 aromatic carbocycles. The summed E-state index contributed by atoms with van der Waals surface area (Å²) in [5.74, 6) is 0. The van der Waals surface area contributed by atoms with Gasteiger partial charge in [-0.3, -0.25) is 4.84 Å². The lowest BCUT2D eigenvalue weighted by molar-refractivity contribution is 0.590. The van der Waals surface area contributed by atoms with Gasteiger partial charge in [0.15, 0.2) is 0 Å². The van der Waals surface area contributed by atoms with Crippen molar-refractivity contribution in [3.8, 4) is 0 Å². The Balaban J connectivity index is 2.93. The first-order chi connectivity index (χ1) is 5.54. The number of benzene rings is 1. The van der Waals surface area contributed by atoms with Gasteiger partial charge in [0.2, 0.25) is 0 Å². The second kappa shape index (κ2) is 3.36. The average molecular weight is 184 g/mol. The highest BCUT2D eigenvalue weighted by Crippen LogP contribution is 2.23. The minimum absolute atomic E-state index is 0.213. The summed E-state index contributed by atoms with van der Waals surface area (Å²) in [5, 5.41) is 0. The fourth-order valence-corrected chi connectivity index (χ4v) is 1.16. The molecule has 2 heteroatoms. The average Bonchev–Trinajstić information content (AvgIpc) is 2.03. The van der Waals surface area contributed by atoms with Crippen molar-refractivity contribution in [2.45, 2.75) is 26.2 Å². The number of hydrogen-bond acceptors (Lipinski definition) is 1. The molecule has 1 rings (SSSR count). The Kier molecular flexibility index (Phi) is 2.63. The summed E-state index contributed by atoms with van der Waals surface area (Å²) >= 11 is 5.44. The molecule has 1 nitrogen and oxygen atoms in total. The third-order valence-electron chi connectivity index (χ3n) is 1.86. The van der Waals surface area contributed by atoms with Crippen molar-refractivity contribution in [3.05, 3.63) is 29.8 Å². The van der Waals surface area contributed by atoms with Gasteiger partial charge in [-0.2, -0.15) is 0 Å². The van der Waals surface area contributed by atoms with Gasteiger partial charge in [-0.25, -0.2) is 0 Å². The van der Waals surface area contributed by atoms with Crippen LogP contribution in [0, 0.1) is 0 Å². The van der Waals surface area contributed by atoms with Gasteiger partial charge in [0.05, 0.1) is 0 Å². The molecule has 0 heterocycles. The normalized spacial score (nSPS) is 11.3. The smallest absolute Gasteiger partial charge is 0.0491 e. The predicted molar refractivity (Wildman–Crippen MR) is 54.6 cm³/mol. The number of hydrogen-bond donors (Lipinski definition) is 1. The Morgan fingerprint density at radius 1 is 1.08 bits per heavy atom. The number of nitrogens with one attached hydrogen (secondary N) is 1. The van der Waals surface area contributed by atoms with Gasteiger partial charge in [-0.05, 0) is 23.1 Å². The molecule has 1 aromatic rings. The summed E-state index contributed by atoms with van der Waals surface area (Å²) in [4.78, 5) is 2.58. The van der Waals surface area contributed by atoms with E-state index in [0.29, 0.717) is 0 Å². The summed E-state index contributed by atoms with van der Waals surface area (Å²) in [5.41, 5.74) is 2.47. The van der Waals surface area contributed by atoms with Crippen LogP contribution >= 0.6 is 11.8 Å². The minimum Gasteiger partial charge on any atom is -0.299 e. The van der Waals surface area contributed by atoms with Crippen LogP contribution in [0.3, 0.4) is 0 Å². The highest BCUT2D eigenvalue weighted by atomic mass is 35.5. The Hall–Kier alpha value is -0.690. The van der Waals surface area contributed by atoms with Gasteiger partial charge in [-0.1, -0.05) is 32.9 Å². The van der Waals surface area contributed by atoms with Crippen LogP contribution in [0.4, 0.5) is 5.69 Å². The molecule has 0 spiro atoms. The van der Waals surface area contributed by atoms with E-state index in [1.54, 1.807) is 0 Å². The van der Waals surface area contributed by atoms with Crippen LogP contribution in [0.25, 0.3) is 0 Å². The molecule has 0 bridgehead atoms. The monoisotopic (exact) mass is 183 g/mol. The lowest BCUT2D eigenvalue weighted by Gasteiger charge is -2.18. The maximum atomic E-state index is 5.44. The molecule has 66 valence electrons. The number of halogens is 1. The van der Waals surface area contributed by atoms with Gasteiger partial charge in [0.25, 0.3) is 0 Å². The molecule has 0 aliphatic heterocycles. The van der Waals surface area contributed by atoms with Crippen molar-refractivity contribution < 1.29 is 0 Å². The third-order valence-corrected chi connectivity index (χ3v) is 2.08. The first-order valence-electron chi connectivity index (χ1n) is 4.01. The van der Waals surface area contributed by atoms with Crippen molar-refractivity contribution in [2.75, 3.05) is 4.84 Å². The van der Waals surface area contributed by atoms with Crippen LogP contribution in [-0.2, 0) is 5.41 Å². The van der Waals surface area contributed by atoms with E-state index in [4.69, 9.17) is 11.8 Å². The zero-order valence-corrected chi connectivity index (χ0v) is 8.44. The summed E-state index contributed by atoms with van der Waals surface area (Å²) in [7, 11) is 0. The van der Waals surface area contributed by atoms with Crippen molar-refractivity contribution in [1.82, 2.24) is 0 Å². The zero-order chi connectivity index (χ0) is 9.19. The first-order valence-corrected chi connectivity index (χ1v) is 4.39. The molecule has 0 saturated heterocycles. The molecule has 0 aromatic heterocycles. The zero-order valence-electron chi connectivity index (χ0n) is 7.69. The fraction of sp³-hybridized carbons (Fsp3) is 0.400. The second-order valence-corrected chi connectivity index (χ2v) is 4.11. The van der Waals surface area contributed by atoms with E-state index in [-0.39, 0.29) is 5.41 Å². The second-order valence-electron chi connectivity index (χ2n) is 3.92. The molecular formula is C10H14ClN. The first kappa shape index (κ1) is 9.40. The van der Waals surface area contributed by atoms with Crippen LogP contribution < -0.4 is 4.84 Å². The number of anilines is 1. The largest absolute Gasteiger partial charge is 0.299 e. The lowest BCUT2D eigenvalue weighted by Crippen LogP contribution is -2.10. The standard InChI is InChI=1S/C10H14ClN/c1-10(2,3)8-4-6-9(12-11)7-5-8/h4-7,12H,1-3H3. The summed E-state index contributed by atoms with van der Waals surface area (Å²) in [6.45, 7) is 6.57. The Labute approximate surface area is 78.9 Å². The Morgan fingerprint density at radius 3 is 1.92 bits per heavy atom. The quantitative estimate of drug-likeness (QED) is 0.657. The topological polar surface area (TPSA) is 12.0 Å². The molecule has 12 heavy (non-hydrogen) atoms. The molecule has 0 atom stereocenters. The lowest BCUT2D eigenvalue weighted by atomic mass is 9.87. The van der Waals surface area contributed by atoms with Crippen LogP contribution in [0.15, 0.2) is 24.3 Å². The van der Waals surface area contributed by atoms with Crippen molar-refractivity contribution >= 4 is 17.5 Å². The number of rotatable bonds is 1. The van der Waals surface area contributed by atoms with E-state index < -0.39 is 0 Å². The van der Waals surface area contributed by atoms with Crippen LogP contribution in [-0.4, -0.2) is 0 Å². The summed E-state index contributed by atoms with van der Waals surface area (Å²) in [6, 6.07) is 8.14. The molecule has 0 amide bonds. The fourth-order valence-electron chi connectivity index (χ4n) is 1.03. The van der Waals surface area contributed by atoms with Gasteiger partial charge in [0, 0.05) is 17.5 Å². The van der Waals surface area contributed by atoms with Crippen molar-refractivity contribution in [2.24, 2.45) is 0 Å². The van der Waals surface area contributed by atoms with E-state index in [9.17, 15) is 0 Å². The molecule has 0 saturated carbocycles. The molecule has 0 aliphatic rings. The van der Waals surface area contributed by atoms with E-state index in [1.165, 1.54) is 5.56 Å².